The lowest BCUT2D eigenvalue weighted by Crippen LogP contribution is -1.94. The Morgan fingerprint density at radius 1 is 1.38 bits per heavy atom. The summed E-state index contributed by atoms with van der Waals surface area (Å²) in [6, 6.07) is 11.1. The molecule has 1 aromatic heterocycles. The minimum Gasteiger partial charge on any atom is -0.495 e. The average Bonchev–Trinajstić information content (AvgIpc) is 2.30. The van der Waals surface area contributed by atoms with Crippen molar-refractivity contribution in [2.24, 2.45) is 0 Å². The highest BCUT2D eigenvalue weighted by molar-refractivity contribution is 6.29. The van der Waals surface area contributed by atoms with Crippen LogP contribution >= 0.6 is 11.6 Å². The van der Waals surface area contributed by atoms with E-state index in [1.807, 2.05) is 24.3 Å². The van der Waals surface area contributed by atoms with Crippen LogP contribution in [0, 0.1) is 6.20 Å². The molecule has 0 atom stereocenters. The monoisotopic (exact) mass is 233 g/mol. The number of aromatic nitrogens is 1. The van der Waals surface area contributed by atoms with Gasteiger partial charge >= 0.3 is 0 Å². The zero-order valence-electron chi connectivity index (χ0n) is 8.70. The first-order valence-corrected chi connectivity index (χ1v) is 5.11. The summed E-state index contributed by atoms with van der Waals surface area (Å²) >= 11 is 5.77. The van der Waals surface area contributed by atoms with Crippen molar-refractivity contribution in [3.63, 3.8) is 0 Å². The number of rotatable bonds is 3. The van der Waals surface area contributed by atoms with Gasteiger partial charge in [-0.15, -0.1) is 0 Å². The Labute approximate surface area is 99.0 Å². The summed E-state index contributed by atoms with van der Waals surface area (Å²) in [5.74, 6) is 0.774. The predicted molar refractivity (Wildman–Crippen MR) is 64.4 cm³/mol. The lowest BCUT2D eigenvalue weighted by Gasteiger charge is -2.10. The zero-order chi connectivity index (χ0) is 11.4. The van der Waals surface area contributed by atoms with Gasteiger partial charge in [-0.1, -0.05) is 23.7 Å². The zero-order valence-corrected chi connectivity index (χ0v) is 9.45. The van der Waals surface area contributed by atoms with Crippen LogP contribution in [-0.4, -0.2) is 12.1 Å². The van der Waals surface area contributed by atoms with Gasteiger partial charge in [0.05, 0.1) is 19.0 Å². The molecule has 0 unspecified atom stereocenters. The SMILES string of the molecule is COc1ccccc1Nc1c[c]nc(Cl)c1. The van der Waals surface area contributed by atoms with E-state index in [2.05, 4.69) is 16.5 Å². The van der Waals surface area contributed by atoms with E-state index in [1.54, 1.807) is 19.2 Å². The first-order valence-electron chi connectivity index (χ1n) is 4.73. The predicted octanol–water partition coefficient (Wildman–Crippen LogP) is 3.29. The van der Waals surface area contributed by atoms with Gasteiger partial charge in [0, 0.05) is 5.69 Å². The van der Waals surface area contributed by atoms with E-state index in [4.69, 9.17) is 16.3 Å². The van der Waals surface area contributed by atoms with Crippen molar-refractivity contribution in [3.05, 3.63) is 47.7 Å². The number of halogens is 1. The van der Waals surface area contributed by atoms with Crippen LogP contribution in [0.1, 0.15) is 0 Å². The van der Waals surface area contributed by atoms with Crippen molar-refractivity contribution >= 4 is 23.0 Å². The Hall–Kier alpha value is -1.74. The van der Waals surface area contributed by atoms with E-state index in [0.29, 0.717) is 5.15 Å². The fourth-order valence-electron chi connectivity index (χ4n) is 1.34. The normalized spacial score (nSPS) is 9.88. The fourth-order valence-corrected chi connectivity index (χ4v) is 1.51. The summed E-state index contributed by atoms with van der Waals surface area (Å²) < 4.78 is 5.23. The number of methoxy groups -OCH3 is 1. The summed E-state index contributed by atoms with van der Waals surface area (Å²) in [5.41, 5.74) is 1.70. The third-order valence-corrected chi connectivity index (χ3v) is 2.25. The van der Waals surface area contributed by atoms with Gasteiger partial charge in [0.15, 0.2) is 0 Å². The van der Waals surface area contributed by atoms with Crippen LogP contribution in [0.3, 0.4) is 0 Å². The van der Waals surface area contributed by atoms with Crippen molar-refractivity contribution in [3.8, 4) is 5.75 Å². The van der Waals surface area contributed by atoms with Gasteiger partial charge in [0.2, 0.25) is 0 Å². The maximum absolute atomic E-state index is 5.77. The Bertz CT molecular complexity index is 488. The number of pyridine rings is 1. The third kappa shape index (κ3) is 2.44. The maximum atomic E-state index is 5.77. The molecule has 0 spiro atoms. The second-order valence-corrected chi connectivity index (χ2v) is 3.52. The number of nitrogens with zero attached hydrogens (tertiary/aromatic N) is 1. The highest BCUT2D eigenvalue weighted by Crippen LogP contribution is 2.27. The second kappa shape index (κ2) is 4.86. The number of nitrogens with one attached hydrogen (secondary N) is 1. The van der Waals surface area contributed by atoms with Crippen LogP contribution < -0.4 is 10.1 Å². The number of hydrogen-bond acceptors (Lipinski definition) is 3. The molecule has 0 aliphatic rings. The summed E-state index contributed by atoms with van der Waals surface area (Å²) in [7, 11) is 1.63. The number of hydrogen-bond donors (Lipinski definition) is 1. The number of benzene rings is 1. The van der Waals surface area contributed by atoms with E-state index < -0.39 is 0 Å². The molecule has 1 heterocycles. The highest BCUT2D eigenvalue weighted by atomic mass is 35.5. The standard InChI is InChI=1S/C12H10ClN2O/c1-16-11-5-3-2-4-10(11)15-9-6-7-14-12(13)8-9/h2-6,8H,1H3,(H,14,15). The molecular weight excluding hydrogens is 224 g/mol. The molecule has 2 aromatic rings. The van der Waals surface area contributed by atoms with Gasteiger partial charge in [-0.25, -0.2) is 4.98 Å². The Balaban J connectivity index is 2.26. The first-order chi connectivity index (χ1) is 7.79. The maximum Gasteiger partial charge on any atom is 0.142 e. The van der Waals surface area contributed by atoms with E-state index in [-0.39, 0.29) is 0 Å². The Kier molecular flexibility index (Phi) is 3.27. The third-order valence-electron chi connectivity index (χ3n) is 2.05. The minimum atomic E-state index is 0.403. The molecule has 0 bridgehead atoms. The van der Waals surface area contributed by atoms with E-state index in [9.17, 15) is 0 Å². The van der Waals surface area contributed by atoms with Gasteiger partial charge in [-0.2, -0.15) is 0 Å². The van der Waals surface area contributed by atoms with Crippen LogP contribution in [0.4, 0.5) is 11.4 Å². The van der Waals surface area contributed by atoms with Crippen LogP contribution in [0.2, 0.25) is 5.15 Å². The molecular formula is C12H10ClN2O. The molecule has 3 nitrogen and oxygen atoms in total. The molecule has 0 aliphatic heterocycles. The van der Waals surface area contributed by atoms with Crippen LogP contribution in [0.25, 0.3) is 0 Å². The van der Waals surface area contributed by atoms with Gasteiger partial charge in [0.1, 0.15) is 10.9 Å². The van der Waals surface area contributed by atoms with Crippen molar-refractivity contribution in [1.29, 1.82) is 0 Å². The lowest BCUT2D eigenvalue weighted by molar-refractivity contribution is 0.417. The molecule has 0 aliphatic carbocycles. The summed E-state index contributed by atoms with van der Waals surface area (Å²) in [4.78, 5) is 3.79. The number of anilines is 2. The smallest absolute Gasteiger partial charge is 0.142 e. The van der Waals surface area contributed by atoms with Gasteiger partial charge in [-0.05, 0) is 24.3 Å². The largest absolute Gasteiger partial charge is 0.495 e. The van der Waals surface area contributed by atoms with Gasteiger partial charge in [0.25, 0.3) is 0 Å². The van der Waals surface area contributed by atoms with Crippen molar-refractivity contribution in [2.75, 3.05) is 12.4 Å². The Morgan fingerprint density at radius 2 is 2.19 bits per heavy atom. The molecule has 16 heavy (non-hydrogen) atoms. The second-order valence-electron chi connectivity index (χ2n) is 3.13. The molecule has 0 saturated heterocycles. The first kappa shape index (κ1) is 10.8. The Morgan fingerprint density at radius 3 is 2.94 bits per heavy atom. The summed E-state index contributed by atoms with van der Waals surface area (Å²) in [6.45, 7) is 0. The fraction of sp³-hybridized carbons (Fsp3) is 0.0833. The molecule has 1 aromatic carbocycles. The van der Waals surface area contributed by atoms with Crippen LogP contribution in [-0.2, 0) is 0 Å². The topological polar surface area (TPSA) is 34.1 Å². The molecule has 4 heteroatoms. The summed E-state index contributed by atoms with van der Waals surface area (Å²) in [6.07, 6.45) is 2.70. The quantitative estimate of drug-likeness (QED) is 0.826. The van der Waals surface area contributed by atoms with Gasteiger partial charge < -0.3 is 10.1 Å². The lowest BCUT2D eigenvalue weighted by atomic mass is 10.3. The molecule has 2 rings (SSSR count). The van der Waals surface area contributed by atoms with Gasteiger partial charge in [-0.3, -0.25) is 0 Å². The van der Waals surface area contributed by atoms with Crippen molar-refractivity contribution in [2.45, 2.75) is 0 Å². The van der Waals surface area contributed by atoms with Crippen molar-refractivity contribution < 1.29 is 4.74 Å². The molecule has 81 valence electrons. The minimum absolute atomic E-state index is 0.403. The van der Waals surface area contributed by atoms with Crippen LogP contribution in [0.15, 0.2) is 36.4 Å². The molecule has 0 saturated carbocycles. The van der Waals surface area contributed by atoms with E-state index in [1.165, 1.54) is 0 Å². The highest BCUT2D eigenvalue weighted by Gasteiger charge is 2.02. The average molecular weight is 234 g/mol. The number of para-hydroxylation sites is 2. The summed E-state index contributed by atoms with van der Waals surface area (Å²) in [5, 5.41) is 3.59. The van der Waals surface area contributed by atoms with E-state index >= 15 is 0 Å². The number of ether oxygens (including phenoxy) is 1. The van der Waals surface area contributed by atoms with Crippen LogP contribution in [0.5, 0.6) is 5.75 Å². The molecule has 1 radical (unpaired) electrons. The van der Waals surface area contributed by atoms with Crippen molar-refractivity contribution in [1.82, 2.24) is 4.98 Å². The van der Waals surface area contributed by atoms with E-state index in [0.717, 1.165) is 17.1 Å². The molecule has 1 N–H and O–H groups in total. The molecule has 0 fully saturated rings. The molecule has 0 amide bonds.